The van der Waals surface area contributed by atoms with Crippen LogP contribution in [0.25, 0.3) is 10.8 Å². The molecule has 0 aliphatic heterocycles. The Hall–Kier alpha value is -2.66. The van der Waals surface area contributed by atoms with Crippen LogP contribution < -0.4 is 10.3 Å². The Morgan fingerprint density at radius 2 is 1.76 bits per heavy atom. The topological polar surface area (TPSA) is 47.4 Å². The summed E-state index contributed by atoms with van der Waals surface area (Å²) in [5, 5.41) is 6.09. The lowest BCUT2D eigenvalue weighted by atomic mass is 10.1. The summed E-state index contributed by atoms with van der Waals surface area (Å²) >= 11 is 0. The number of hydrogen-bond donors (Lipinski definition) is 0. The third-order valence-electron chi connectivity index (χ3n) is 4.11. The third-order valence-corrected chi connectivity index (χ3v) is 4.11. The Labute approximate surface area is 147 Å². The molecule has 3 aromatic rings. The first-order valence-corrected chi connectivity index (χ1v) is 8.45. The monoisotopic (exact) mass is 337 g/mol. The van der Waals surface area contributed by atoms with Crippen molar-refractivity contribution in [3.8, 4) is 5.75 Å². The van der Waals surface area contributed by atoms with Gasteiger partial charge in [-0.2, -0.15) is 5.10 Å². The fraction of sp³-hybridized carbons (Fsp3) is 0.300. The second-order valence-electron chi connectivity index (χ2n) is 6.17. The Morgan fingerprint density at radius 1 is 1.08 bits per heavy atom. The molecule has 5 nitrogen and oxygen atoms in total. The Balaban J connectivity index is 1.76. The molecule has 0 bridgehead atoms. The first-order valence-electron chi connectivity index (χ1n) is 8.45. The number of fused-ring (bicyclic) bond motifs is 1. The first-order chi connectivity index (χ1) is 12.1. The molecule has 5 heteroatoms. The zero-order valence-electron chi connectivity index (χ0n) is 14.9. The fourth-order valence-corrected chi connectivity index (χ4v) is 2.95. The summed E-state index contributed by atoms with van der Waals surface area (Å²) in [5.41, 5.74) is 1.97. The summed E-state index contributed by atoms with van der Waals surface area (Å²) < 4.78 is 7.00. The SMILES string of the molecule is CCOc1ccc(CN(C)Cn2nc(C)c3ccccc3c2=O)cc1. The Bertz CT molecular complexity index is 916. The molecule has 25 heavy (non-hydrogen) atoms. The lowest BCUT2D eigenvalue weighted by molar-refractivity contribution is 0.240. The highest BCUT2D eigenvalue weighted by Gasteiger charge is 2.09. The molecule has 0 N–H and O–H groups in total. The van der Waals surface area contributed by atoms with E-state index in [-0.39, 0.29) is 5.56 Å². The normalized spacial score (nSPS) is 11.2. The van der Waals surface area contributed by atoms with E-state index in [1.807, 2.05) is 69.4 Å². The van der Waals surface area contributed by atoms with Crippen LogP contribution in [0.1, 0.15) is 18.2 Å². The van der Waals surface area contributed by atoms with Gasteiger partial charge in [0.05, 0.1) is 24.4 Å². The summed E-state index contributed by atoms with van der Waals surface area (Å²) in [6.07, 6.45) is 0. The van der Waals surface area contributed by atoms with Gasteiger partial charge in [0.25, 0.3) is 5.56 Å². The van der Waals surface area contributed by atoms with E-state index in [0.717, 1.165) is 28.9 Å². The summed E-state index contributed by atoms with van der Waals surface area (Å²) in [6.45, 7) is 5.74. The van der Waals surface area contributed by atoms with Gasteiger partial charge in [0.15, 0.2) is 0 Å². The van der Waals surface area contributed by atoms with Crippen LogP contribution in [-0.2, 0) is 13.2 Å². The second kappa shape index (κ2) is 7.49. The molecule has 0 fully saturated rings. The number of nitrogens with zero attached hydrogens (tertiary/aromatic N) is 3. The molecule has 0 aliphatic carbocycles. The van der Waals surface area contributed by atoms with Gasteiger partial charge < -0.3 is 4.74 Å². The smallest absolute Gasteiger partial charge is 0.275 e. The predicted molar refractivity (Wildman–Crippen MR) is 99.8 cm³/mol. The van der Waals surface area contributed by atoms with Gasteiger partial charge in [-0.15, -0.1) is 0 Å². The summed E-state index contributed by atoms with van der Waals surface area (Å²) in [6, 6.07) is 15.6. The molecule has 0 saturated heterocycles. The highest BCUT2D eigenvalue weighted by atomic mass is 16.5. The summed E-state index contributed by atoms with van der Waals surface area (Å²) in [7, 11) is 1.98. The van der Waals surface area contributed by atoms with Crippen molar-refractivity contribution in [2.24, 2.45) is 0 Å². The molecule has 0 aliphatic rings. The van der Waals surface area contributed by atoms with Gasteiger partial charge in [0.1, 0.15) is 5.75 Å². The van der Waals surface area contributed by atoms with Gasteiger partial charge in [-0.3, -0.25) is 9.69 Å². The van der Waals surface area contributed by atoms with Gasteiger partial charge in [-0.25, -0.2) is 4.68 Å². The fourth-order valence-electron chi connectivity index (χ4n) is 2.95. The largest absolute Gasteiger partial charge is 0.494 e. The van der Waals surface area contributed by atoms with Crippen molar-refractivity contribution < 1.29 is 4.74 Å². The van der Waals surface area contributed by atoms with E-state index in [1.54, 1.807) is 0 Å². The van der Waals surface area contributed by atoms with E-state index in [9.17, 15) is 4.79 Å². The molecular weight excluding hydrogens is 314 g/mol. The minimum absolute atomic E-state index is 0.0558. The van der Waals surface area contributed by atoms with E-state index in [0.29, 0.717) is 18.7 Å². The van der Waals surface area contributed by atoms with E-state index in [1.165, 1.54) is 4.68 Å². The molecule has 1 heterocycles. The molecular formula is C20H23N3O2. The van der Waals surface area contributed by atoms with Crippen LogP contribution >= 0.6 is 0 Å². The van der Waals surface area contributed by atoms with Crippen molar-refractivity contribution >= 4 is 10.8 Å². The number of hydrogen-bond acceptors (Lipinski definition) is 4. The van der Waals surface area contributed by atoms with Crippen LogP contribution in [0.4, 0.5) is 0 Å². The third kappa shape index (κ3) is 3.88. The summed E-state index contributed by atoms with van der Waals surface area (Å²) in [5.74, 6) is 0.872. The summed E-state index contributed by atoms with van der Waals surface area (Å²) in [4.78, 5) is 14.7. The lowest BCUT2D eigenvalue weighted by Crippen LogP contribution is -2.32. The minimum Gasteiger partial charge on any atom is -0.494 e. The van der Waals surface area contributed by atoms with Crippen molar-refractivity contribution in [1.82, 2.24) is 14.7 Å². The average Bonchev–Trinajstić information content (AvgIpc) is 2.61. The Morgan fingerprint density at radius 3 is 2.44 bits per heavy atom. The van der Waals surface area contributed by atoms with E-state index < -0.39 is 0 Å². The van der Waals surface area contributed by atoms with Crippen LogP contribution in [0.2, 0.25) is 0 Å². The number of ether oxygens (including phenoxy) is 1. The zero-order chi connectivity index (χ0) is 17.8. The predicted octanol–water partition coefficient (Wildman–Crippen LogP) is 3.19. The van der Waals surface area contributed by atoms with Crippen molar-refractivity contribution in [3.05, 3.63) is 70.1 Å². The van der Waals surface area contributed by atoms with Crippen molar-refractivity contribution in [2.75, 3.05) is 13.7 Å². The van der Waals surface area contributed by atoms with Crippen LogP contribution in [0.15, 0.2) is 53.3 Å². The maximum absolute atomic E-state index is 12.6. The molecule has 3 rings (SSSR count). The zero-order valence-corrected chi connectivity index (χ0v) is 14.9. The molecule has 1 aromatic heterocycles. The standard InChI is InChI=1S/C20H23N3O2/c1-4-25-17-11-9-16(10-12-17)13-22(3)14-23-20(24)19-8-6-5-7-18(19)15(2)21-23/h5-12H,4,13-14H2,1-3H3. The van der Waals surface area contributed by atoms with E-state index in [2.05, 4.69) is 10.00 Å². The van der Waals surface area contributed by atoms with Crippen LogP contribution in [-0.4, -0.2) is 28.3 Å². The van der Waals surface area contributed by atoms with Gasteiger partial charge in [-0.05, 0) is 44.7 Å². The molecule has 130 valence electrons. The number of aryl methyl sites for hydroxylation is 1. The average molecular weight is 337 g/mol. The van der Waals surface area contributed by atoms with Gasteiger partial charge in [0.2, 0.25) is 0 Å². The highest BCUT2D eigenvalue weighted by Crippen LogP contribution is 2.14. The minimum atomic E-state index is -0.0558. The van der Waals surface area contributed by atoms with Crippen molar-refractivity contribution in [2.45, 2.75) is 27.1 Å². The molecule has 0 unspecified atom stereocenters. The van der Waals surface area contributed by atoms with Crippen LogP contribution in [0.3, 0.4) is 0 Å². The maximum Gasteiger partial charge on any atom is 0.275 e. The molecule has 2 aromatic carbocycles. The molecule has 0 spiro atoms. The number of benzene rings is 2. The Kier molecular flexibility index (Phi) is 5.14. The quantitative estimate of drug-likeness (QED) is 0.693. The van der Waals surface area contributed by atoms with Gasteiger partial charge in [0, 0.05) is 11.9 Å². The van der Waals surface area contributed by atoms with Crippen LogP contribution in [0.5, 0.6) is 5.75 Å². The molecule has 0 radical (unpaired) electrons. The van der Waals surface area contributed by atoms with Crippen molar-refractivity contribution in [1.29, 1.82) is 0 Å². The number of rotatable bonds is 6. The second-order valence-corrected chi connectivity index (χ2v) is 6.17. The lowest BCUT2D eigenvalue weighted by Gasteiger charge is -2.18. The van der Waals surface area contributed by atoms with E-state index >= 15 is 0 Å². The molecule has 0 amide bonds. The van der Waals surface area contributed by atoms with Crippen LogP contribution in [0, 0.1) is 6.92 Å². The van der Waals surface area contributed by atoms with Gasteiger partial charge in [-0.1, -0.05) is 30.3 Å². The maximum atomic E-state index is 12.6. The highest BCUT2D eigenvalue weighted by molar-refractivity contribution is 5.83. The van der Waals surface area contributed by atoms with E-state index in [4.69, 9.17) is 4.74 Å². The number of aromatic nitrogens is 2. The van der Waals surface area contributed by atoms with Gasteiger partial charge >= 0.3 is 0 Å². The molecule has 0 atom stereocenters. The van der Waals surface area contributed by atoms with Crippen molar-refractivity contribution in [3.63, 3.8) is 0 Å². The molecule has 0 saturated carbocycles. The first kappa shape index (κ1) is 17.2.